The van der Waals surface area contributed by atoms with Gasteiger partial charge >= 0.3 is 0 Å². The van der Waals surface area contributed by atoms with Gasteiger partial charge in [0.1, 0.15) is 17.2 Å². The van der Waals surface area contributed by atoms with Crippen molar-refractivity contribution in [2.24, 2.45) is 0 Å². The molecule has 0 spiro atoms. The molecule has 0 fully saturated rings. The average Bonchev–Trinajstić information content (AvgIpc) is 2.55. The first kappa shape index (κ1) is 15.9. The zero-order chi connectivity index (χ0) is 15.8. The molecule has 2 heterocycles. The summed E-state index contributed by atoms with van der Waals surface area (Å²) in [7, 11) is 0. The molecule has 0 saturated carbocycles. The molecule has 0 aliphatic carbocycles. The van der Waals surface area contributed by atoms with E-state index in [2.05, 4.69) is 29.1 Å². The van der Waals surface area contributed by atoms with Crippen LogP contribution >= 0.6 is 0 Å². The molecule has 5 heteroatoms. The van der Waals surface area contributed by atoms with Crippen LogP contribution in [0.15, 0.2) is 42.9 Å². The summed E-state index contributed by atoms with van der Waals surface area (Å²) in [6.07, 6.45) is 7.78. The summed E-state index contributed by atoms with van der Waals surface area (Å²) in [4.78, 5) is 20.4. The second-order valence-electron chi connectivity index (χ2n) is 5.03. The Bertz CT molecular complexity index is 602. The van der Waals surface area contributed by atoms with Crippen molar-refractivity contribution >= 4 is 5.91 Å². The summed E-state index contributed by atoms with van der Waals surface area (Å²) in [6.45, 7) is 4.17. The van der Waals surface area contributed by atoms with Crippen LogP contribution in [0.2, 0.25) is 0 Å². The molecule has 1 unspecified atom stereocenters. The molecule has 1 atom stereocenters. The number of ether oxygens (including phenoxy) is 1. The largest absolute Gasteiger partial charge is 0.456 e. The second kappa shape index (κ2) is 8.12. The molecular weight excluding hydrogens is 278 g/mol. The zero-order valence-corrected chi connectivity index (χ0v) is 13.0. The van der Waals surface area contributed by atoms with E-state index in [0.29, 0.717) is 17.2 Å². The number of aromatic nitrogens is 2. The second-order valence-corrected chi connectivity index (χ2v) is 5.03. The first-order chi connectivity index (χ1) is 10.7. The quantitative estimate of drug-likeness (QED) is 0.848. The Morgan fingerprint density at radius 3 is 2.82 bits per heavy atom. The Labute approximate surface area is 130 Å². The van der Waals surface area contributed by atoms with Crippen molar-refractivity contribution in [2.75, 3.05) is 0 Å². The lowest BCUT2D eigenvalue weighted by Crippen LogP contribution is -2.34. The van der Waals surface area contributed by atoms with Crippen LogP contribution in [0, 0.1) is 0 Å². The van der Waals surface area contributed by atoms with Gasteiger partial charge < -0.3 is 10.1 Å². The standard InChI is InChI=1S/C17H21N3O2/c1-3-6-13(4-2)20-17(21)16-11-14(8-10-19-16)22-15-7-5-9-18-12-15/h5,7-13H,3-4,6H2,1-2H3,(H,20,21). The lowest BCUT2D eigenvalue weighted by molar-refractivity contribution is 0.0928. The van der Waals surface area contributed by atoms with Gasteiger partial charge in [-0.25, -0.2) is 0 Å². The van der Waals surface area contributed by atoms with Crippen molar-refractivity contribution in [1.82, 2.24) is 15.3 Å². The fourth-order valence-corrected chi connectivity index (χ4v) is 2.13. The maximum absolute atomic E-state index is 12.3. The molecule has 2 aromatic rings. The van der Waals surface area contributed by atoms with Crippen molar-refractivity contribution in [3.8, 4) is 11.5 Å². The van der Waals surface area contributed by atoms with Crippen LogP contribution in [0.4, 0.5) is 0 Å². The van der Waals surface area contributed by atoms with Crippen LogP contribution in [0.5, 0.6) is 11.5 Å². The van der Waals surface area contributed by atoms with Crippen molar-refractivity contribution < 1.29 is 9.53 Å². The van der Waals surface area contributed by atoms with Gasteiger partial charge in [-0.1, -0.05) is 20.3 Å². The Hall–Kier alpha value is -2.43. The number of hydrogen-bond acceptors (Lipinski definition) is 4. The third-order valence-corrected chi connectivity index (χ3v) is 3.30. The first-order valence-corrected chi connectivity index (χ1v) is 7.57. The molecule has 0 aromatic carbocycles. The average molecular weight is 299 g/mol. The molecule has 116 valence electrons. The van der Waals surface area contributed by atoms with Gasteiger partial charge in [0.05, 0.1) is 6.20 Å². The van der Waals surface area contributed by atoms with Gasteiger partial charge in [-0.3, -0.25) is 14.8 Å². The van der Waals surface area contributed by atoms with E-state index in [1.807, 2.05) is 6.07 Å². The monoisotopic (exact) mass is 299 g/mol. The molecule has 1 amide bonds. The molecule has 22 heavy (non-hydrogen) atoms. The van der Waals surface area contributed by atoms with Gasteiger partial charge in [0.15, 0.2) is 0 Å². The van der Waals surface area contributed by atoms with Gasteiger partial charge in [-0.05, 0) is 31.0 Å². The van der Waals surface area contributed by atoms with Crippen molar-refractivity contribution in [3.05, 3.63) is 48.5 Å². The Kier molecular flexibility index (Phi) is 5.89. The maximum atomic E-state index is 12.3. The van der Waals surface area contributed by atoms with E-state index in [1.165, 1.54) is 0 Å². The van der Waals surface area contributed by atoms with Gasteiger partial charge in [0, 0.05) is 24.5 Å². The summed E-state index contributed by atoms with van der Waals surface area (Å²) in [5.74, 6) is 1.02. The summed E-state index contributed by atoms with van der Waals surface area (Å²) in [5.41, 5.74) is 0.357. The molecule has 0 radical (unpaired) electrons. The summed E-state index contributed by atoms with van der Waals surface area (Å²) in [5, 5.41) is 3.01. The number of rotatable bonds is 7. The van der Waals surface area contributed by atoms with Gasteiger partial charge in [0.2, 0.25) is 0 Å². The molecule has 1 N–H and O–H groups in total. The van der Waals surface area contributed by atoms with Crippen LogP contribution in [-0.4, -0.2) is 21.9 Å². The molecule has 2 aromatic heterocycles. The minimum absolute atomic E-state index is 0.170. The highest BCUT2D eigenvalue weighted by Gasteiger charge is 2.13. The molecule has 0 aliphatic rings. The molecule has 5 nitrogen and oxygen atoms in total. The lowest BCUT2D eigenvalue weighted by Gasteiger charge is -2.15. The predicted octanol–water partition coefficient (Wildman–Crippen LogP) is 3.58. The van der Waals surface area contributed by atoms with Gasteiger partial charge in [0.25, 0.3) is 5.91 Å². The topological polar surface area (TPSA) is 64.1 Å². The van der Waals surface area contributed by atoms with E-state index in [9.17, 15) is 4.79 Å². The number of nitrogens with one attached hydrogen (secondary N) is 1. The minimum atomic E-state index is -0.170. The smallest absolute Gasteiger partial charge is 0.270 e. The molecule has 0 saturated heterocycles. The van der Waals surface area contributed by atoms with E-state index in [0.717, 1.165) is 19.3 Å². The fourth-order valence-electron chi connectivity index (χ4n) is 2.13. The Morgan fingerprint density at radius 1 is 1.27 bits per heavy atom. The van der Waals surface area contributed by atoms with E-state index < -0.39 is 0 Å². The zero-order valence-electron chi connectivity index (χ0n) is 13.0. The molecular formula is C17H21N3O2. The third-order valence-electron chi connectivity index (χ3n) is 3.30. The predicted molar refractivity (Wildman–Crippen MR) is 85.0 cm³/mol. The van der Waals surface area contributed by atoms with Crippen molar-refractivity contribution in [3.63, 3.8) is 0 Å². The van der Waals surface area contributed by atoms with E-state index >= 15 is 0 Å². The van der Waals surface area contributed by atoms with Crippen LogP contribution in [0.25, 0.3) is 0 Å². The summed E-state index contributed by atoms with van der Waals surface area (Å²) < 4.78 is 5.67. The van der Waals surface area contributed by atoms with E-state index in [-0.39, 0.29) is 11.9 Å². The van der Waals surface area contributed by atoms with Crippen LogP contribution in [0.1, 0.15) is 43.6 Å². The maximum Gasteiger partial charge on any atom is 0.270 e. The molecule has 0 aliphatic heterocycles. The van der Waals surface area contributed by atoms with Crippen LogP contribution < -0.4 is 10.1 Å². The van der Waals surface area contributed by atoms with Crippen molar-refractivity contribution in [1.29, 1.82) is 0 Å². The summed E-state index contributed by atoms with van der Waals surface area (Å²) >= 11 is 0. The van der Waals surface area contributed by atoms with Crippen LogP contribution in [-0.2, 0) is 0 Å². The number of carbonyl (C=O) groups is 1. The van der Waals surface area contributed by atoms with E-state index in [1.54, 1.807) is 36.8 Å². The molecule has 0 bridgehead atoms. The van der Waals surface area contributed by atoms with Gasteiger partial charge in [-0.15, -0.1) is 0 Å². The lowest BCUT2D eigenvalue weighted by atomic mass is 10.1. The Morgan fingerprint density at radius 2 is 2.14 bits per heavy atom. The highest BCUT2D eigenvalue weighted by atomic mass is 16.5. The SMILES string of the molecule is CCCC(CC)NC(=O)c1cc(Oc2cccnc2)ccn1. The van der Waals surface area contributed by atoms with Gasteiger partial charge in [-0.2, -0.15) is 0 Å². The highest BCUT2D eigenvalue weighted by molar-refractivity contribution is 5.92. The number of hydrogen-bond donors (Lipinski definition) is 1. The normalized spacial score (nSPS) is 11.7. The highest BCUT2D eigenvalue weighted by Crippen LogP contribution is 2.20. The molecule has 2 rings (SSSR count). The van der Waals surface area contributed by atoms with Crippen molar-refractivity contribution in [2.45, 2.75) is 39.2 Å². The number of amides is 1. The number of nitrogens with zero attached hydrogens (tertiary/aromatic N) is 2. The summed E-state index contributed by atoms with van der Waals surface area (Å²) in [6, 6.07) is 7.14. The minimum Gasteiger partial charge on any atom is -0.456 e. The van der Waals surface area contributed by atoms with E-state index in [4.69, 9.17) is 4.74 Å². The number of carbonyl (C=O) groups excluding carboxylic acids is 1. The third kappa shape index (κ3) is 4.55. The first-order valence-electron chi connectivity index (χ1n) is 7.57. The number of pyridine rings is 2. The Balaban J connectivity index is 2.06. The van der Waals surface area contributed by atoms with Crippen LogP contribution in [0.3, 0.4) is 0 Å². The fraction of sp³-hybridized carbons (Fsp3) is 0.353.